The van der Waals surface area contributed by atoms with Crippen LogP contribution < -0.4 is 5.32 Å². The van der Waals surface area contributed by atoms with Gasteiger partial charge in [0.1, 0.15) is 0 Å². The van der Waals surface area contributed by atoms with Gasteiger partial charge in [0, 0.05) is 29.8 Å². The largest absolute Gasteiger partial charge is 0.382 e. The second-order valence-corrected chi connectivity index (χ2v) is 4.70. The molecule has 2 aromatic rings. The van der Waals surface area contributed by atoms with E-state index in [9.17, 15) is 0 Å². The van der Waals surface area contributed by atoms with Crippen molar-refractivity contribution in [2.45, 2.75) is 26.8 Å². The summed E-state index contributed by atoms with van der Waals surface area (Å²) in [5, 5.41) is 3.51. The van der Waals surface area contributed by atoms with Gasteiger partial charge in [-0.1, -0.05) is 19.9 Å². The van der Waals surface area contributed by atoms with Crippen LogP contribution >= 0.6 is 0 Å². The average Bonchev–Trinajstić information content (AvgIpc) is 2.82. The molecule has 0 aliphatic carbocycles. The van der Waals surface area contributed by atoms with E-state index in [0.717, 1.165) is 11.4 Å². The fourth-order valence-electron chi connectivity index (χ4n) is 1.60. The van der Waals surface area contributed by atoms with E-state index < -0.39 is 0 Å². The molecule has 0 saturated carbocycles. The summed E-state index contributed by atoms with van der Waals surface area (Å²) in [4.78, 5) is 4.06. The van der Waals surface area contributed by atoms with Gasteiger partial charge in [0.2, 0.25) is 0 Å². The van der Waals surface area contributed by atoms with Crippen molar-refractivity contribution in [3.8, 4) is 5.69 Å². The molecule has 1 N–H and O–H groups in total. The van der Waals surface area contributed by atoms with E-state index in [1.807, 2.05) is 17.1 Å². The normalized spacial score (nSPS) is 12.7. The van der Waals surface area contributed by atoms with E-state index in [0.29, 0.717) is 12.0 Å². The van der Waals surface area contributed by atoms with Gasteiger partial charge in [-0.2, -0.15) is 0 Å². The first-order chi connectivity index (χ1) is 8.16. The Morgan fingerprint density at radius 1 is 1.24 bits per heavy atom. The Balaban J connectivity index is 2.18. The van der Waals surface area contributed by atoms with Gasteiger partial charge in [-0.3, -0.25) is 0 Å². The lowest BCUT2D eigenvalue weighted by Gasteiger charge is -2.19. The van der Waals surface area contributed by atoms with E-state index in [4.69, 9.17) is 0 Å². The Morgan fingerprint density at radius 2 is 2.06 bits per heavy atom. The predicted molar refractivity (Wildman–Crippen MR) is 71.5 cm³/mol. The van der Waals surface area contributed by atoms with Crippen LogP contribution in [0.3, 0.4) is 0 Å². The summed E-state index contributed by atoms with van der Waals surface area (Å²) in [5.41, 5.74) is 2.28. The van der Waals surface area contributed by atoms with Gasteiger partial charge in [-0.25, -0.2) is 4.98 Å². The Labute approximate surface area is 103 Å². The van der Waals surface area contributed by atoms with Crippen molar-refractivity contribution in [1.29, 1.82) is 0 Å². The summed E-state index contributed by atoms with van der Waals surface area (Å²) < 4.78 is 2.01. The maximum absolute atomic E-state index is 4.06. The molecule has 90 valence electrons. The number of benzene rings is 1. The number of hydrogen-bond donors (Lipinski definition) is 1. The minimum absolute atomic E-state index is 0.466. The molecular formula is C14H19N3. The van der Waals surface area contributed by atoms with Crippen LogP contribution in [0.1, 0.15) is 20.8 Å². The van der Waals surface area contributed by atoms with Gasteiger partial charge in [-0.05, 0) is 31.0 Å². The first kappa shape index (κ1) is 11.7. The number of hydrogen-bond acceptors (Lipinski definition) is 2. The van der Waals surface area contributed by atoms with Crippen LogP contribution in [0.25, 0.3) is 5.69 Å². The van der Waals surface area contributed by atoms with Gasteiger partial charge < -0.3 is 9.88 Å². The predicted octanol–water partition coefficient (Wildman–Crippen LogP) is 3.33. The van der Waals surface area contributed by atoms with E-state index in [-0.39, 0.29) is 0 Å². The van der Waals surface area contributed by atoms with Crippen LogP contribution in [0, 0.1) is 5.92 Å². The van der Waals surface area contributed by atoms with Crippen molar-refractivity contribution in [1.82, 2.24) is 9.55 Å². The summed E-state index contributed by atoms with van der Waals surface area (Å²) >= 11 is 0. The van der Waals surface area contributed by atoms with Crippen molar-refractivity contribution < 1.29 is 0 Å². The molecular weight excluding hydrogens is 210 g/mol. The van der Waals surface area contributed by atoms with Crippen molar-refractivity contribution in [2.75, 3.05) is 5.32 Å². The second-order valence-electron chi connectivity index (χ2n) is 4.70. The summed E-state index contributed by atoms with van der Waals surface area (Å²) in [6.07, 6.45) is 5.55. The van der Waals surface area contributed by atoms with Gasteiger partial charge in [0.25, 0.3) is 0 Å². The number of imidazole rings is 1. The van der Waals surface area contributed by atoms with Gasteiger partial charge in [-0.15, -0.1) is 0 Å². The lowest BCUT2D eigenvalue weighted by molar-refractivity contribution is 0.560. The zero-order chi connectivity index (χ0) is 12.3. The fourth-order valence-corrected chi connectivity index (χ4v) is 1.60. The second kappa shape index (κ2) is 5.04. The highest BCUT2D eigenvalue weighted by atomic mass is 15.0. The summed E-state index contributed by atoms with van der Waals surface area (Å²) in [5.74, 6) is 0.618. The lowest BCUT2D eigenvalue weighted by Crippen LogP contribution is -2.21. The molecule has 0 radical (unpaired) electrons. The first-order valence-electron chi connectivity index (χ1n) is 6.02. The molecule has 17 heavy (non-hydrogen) atoms. The number of anilines is 1. The van der Waals surface area contributed by atoms with Crippen LogP contribution in [-0.4, -0.2) is 15.6 Å². The van der Waals surface area contributed by atoms with Crippen molar-refractivity contribution in [2.24, 2.45) is 5.92 Å². The van der Waals surface area contributed by atoms with Crippen molar-refractivity contribution >= 4 is 5.69 Å². The highest BCUT2D eigenvalue weighted by molar-refractivity contribution is 5.51. The number of aromatic nitrogens is 2. The Morgan fingerprint density at radius 3 is 2.71 bits per heavy atom. The molecule has 1 aromatic heterocycles. The Bertz CT molecular complexity index is 460. The van der Waals surface area contributed by atoms with Crippen LogP contribution in [0.2, 0.25) is 0 Å². The smallest absolute Gasteiger partial charge is 0.0991 e. The third kappa shape index (κ3) is 2.87. The standard InChI is InChI=1S/C14H19N3/c1-11(2)12(3)16-13-5-4-6-14(9-13)17-8-7-15-10-17/h4-12,16H,1-3H3. The number of nitrogens with zero attached hydrogens (tertiary/aromatic N) is 2. The molecule has 1 unspecified atom stereocenters. The quantitative estimate of drug-likeness (QED) is 0.871. The third-order valence-electron chi connectivity index (χ3n) is 3.04. The van der Waals surface area contributed by atoms with Crippen LogP contribution in [0.15, 0.2) is 43.0 Å². The molecule has 3 heteroatoms. The molecule has 3 nitrogen and oxygen atoms in total. The first-order valence-corrected chi connectivity index (χ1v) is 6.02. The van der Waals surface area contributed by atoms with Gasteiger partial charge in [0.05, 0.1) is 6.33 Å². The Kier molecular flexibility index (Phi) is 3.47. The molecule has 0 spiro atoms. The molecule has 0 bridgehead atoms. The fraction of sp³-hybridized carbons (Fsp3) is 0.357. The highest BCUT2D eigenvalue weighted by Crippen LogP contribution is 2.17. The van der Waals surface area contributed by atoms with Gasteiger partial charge in [0.15, 0.2) is 0 Å². The summed E-state index contributed by atoms with van der Waals surface area (Å²) in [6, 6.07) is 8.84. The SMILES string of the molecule is CC(C)C(C)Nc1cccc(-n2ccnc2)c1. The molecule has 1 aromatic carbocycles. The molecule has 0 aliphatic heterocycles. The number of nitrogens with one attached hydrogen (secondary N) is 1. The maximum Gasteiger partial charge on any atom is 0.0991 e. The van der Waals surface area contributed by atoms with Crippen LogP contribution in [0.5, 0.6) is 0 Å². The van der Waals surface area contributed by atoms with E-state index in [2.05, 4.69) is 55.3 Å². The zero-order valence-corrected chi connectivity index (χ0v) is 10.6. The van der Waals surface area contributed by atoms with Gasteiger partial charge >= 0.3 is 0 Å². The number of rotatable bonds is 4. The van der Waals surface area contributed by atoms with E-state index in [1.54, 1.807) is 6.20 Å². The van der Waals surface area contributed by atoms with Crippen LogP contribution in [0.4, 0.5) is 5.69 Å². The molecule has 1 heterocycles. The minimum Gasteiger partial charge on any atom is -0.382 e. The maximum atomic E-state index is 4.06. The lowest BCUT2D eigenvalue weighted by atomic mass is 10.1. The molecule has 2 rings (SSSR count). The summed E-state index contributed by atoms with van der Waals surface area (Å²) in [6.45, 7) is 6.64. The monoisotopic (exact) mass is 229 g/mol. The summed E-state index contributed by atoms with van der Waals surface area (Å²) in [7, 11) is 0. The minimum atomic E-state index is 0.466. The van der Waals surface area contributed by atoms with E-state index >= 15 is 0 Å². The van der Waals surface area contributed by atoms with Crippen molar-refractivity contribution in [3.05, 3.63) is 43.0 Å². The molecule has 0 saturated heterocycles. The topological polar surface area (TPSA) is 29.9 Å². The highest BCUT2D eigenvalue weighted by Gasteiger charge is 2.06. The van der Waals surface area contributed by atoms with E-state index in [1.165, 1.54) is 0 Å². The average molecular weight is 229 g/mol. The molecule has 1 atom stereocenters. The zero-order valence-electron chi connectivity index (χ0n) is 10.6. The molecule has 0 aliphatic rings. The van der Waals surface area contributed by atoms with Crippen molar-refractivity contribution in [3.63, 3.8) is 0 Å². The molecule has 0 amide bonds. The Hall–Kier alpha value is -1.77. The third-order valence-corrected chi connectivity index (χ3v) is 3.04. The van der Waals surface area contributed by atoms with Crippen LogP contribution in [-0.2, 0) is 0 Å². The molecule has 0 fully saturated rings.